The summed E-state index contributed by atoms with van der Waals surface area (Å²) in [6.45, 7) is 20.6. The molecule has 7 aliphatic rings. The number of hydrogen-bond acceptors (Lipinski definition) is 16. The lowest BCUT2D eigenvalue weighted by molar-refractivity contribution is -0.299. The number of ether oxygens (including phenoxy) is 5. The number of cyclic esters (lactones) is 1. The van der Waals surface area contributed by atoms with E-state index in [0.29, 0.717) is 12.8 Å². The predicted octanol–water partition coefficient (Wildman–Crippen LogP) is 4.02. The minimum absolute atomic E-state index is 0.0455. The summed E-state index contributed by atoms with van der Waals surface area (Å²) in [6.07, 6.45) is -7.48. The van der Waals surface area contributed by atoms with Gasteiger partial charge in [0.05, 0.1) is 42.0 Å². The van der Waals surface area contributed by atoms with E-state index in [0.717, 1.165) is 0 Å². The van der Waals surface area contributed by atoms with Gasteiger partial charge >= 0.3 is 5.97 Å². The quantitative estimate of drug-likeness (QED) is 0.128. The van der Waals surface area contributed by atoms with Crippen molar-refractivity contribution in [1.29, 1.82) is 0 Å². The first-order valence-electron chi connectivity index (χ1n) is 27.2. The number of aliphatic hydroxyl groups is 6. The Bertz CT molecular complexity index is 2160. The smallest absolute Gasteiger partial charge is 0.311 e. The summed E-state index contributed by atoms with van der Waals surface area (Å²) < 4.78 is 66.1. The summed E-state index contributed by atoms with van der Waals surface area (Å²) in [4.78, 5) is 45.2. The van der Waals surface area contributed by atoms with Crippen molar-refractivity contribution in [2.24, 2.45) is 40.4 Å². The lowest BCUT2D eigenvalue weighted by atomic mass is 9.45. The molecule has 1 amide bonds. The molecule has 2 saturated carbocycles. The van der Waals surface area contributed by atoms with E-state index in [1.165, 1.54) is 32.9 Å². The molecule has 3 heterocycles. The Kier molecular flexibility index (Phi) is 16.7. The highest BCUT2D eigenvalue weighted by Gasteiger charge is 2.80. The van der Waals surface area contributed by atoms with Gasteiger partial charge in [-0.2, -0.15) is 0 Å². The molecule has 0 aromatic rings. The number of carbonyl (C=O) groups excluding carboxylic acids is 3. The third kappa shape index (κ3) is 9.89. The summed E-state index contributed by atoms with van der Waals surface area (Å²) in [7, 11) is 3.69. The number of fused-ring (bicyclic) bond motifs is 7. The predicted molar refractivity (Wildman–Crippen MR) is 268 cm³/mol. The third-order valence-corrected chi connectivity index (χ3v) is 19.2. The van der Waals surface area contributed by atoms with Crippen LogP contribution < -0.4 is 5.32 Å². The number of amides is 1. The third-order valence-electron chi connectivity index (χ3n) is 19.2. The van der Waals surface area contributed by atoms with Crippen molar-refractivity contribution in [2.45, 2.75) is 230 Å². The van der Waals surface area contributed by atoms with Crippen LogP contribution in [0.4, 0.5) is 8.78 Å². The van der Waals surface area contributed by atoms with Crippen molar-refractivity contribution in [2.75, 3.05) is 33.7 Å². The van der Waals surface area contributed by atoms with Crippen LogP contribution in [-0.4, -0.2) is 187 Å². The maximum absolute atomic E-state index is 18.1. The van der Waals surface area contributed by atoms with Crippen LogP contribution in [0.3, 0.4) is 0 Å². The van der Waals surface area contributed by atoms with Crippen molar-refractivity contribution < 1.29 is 77.5 Å². The molecule has 422 valence electrons. The number of nitrogens with zero attached hydrogens (tertiary/aromatic N) is 2. The number of likely N-dealkylation sites (N-methyl/N-ethyl adjacent to an activating group) is 1. The summed E-state index contributed by atoms with van der Waals surface area (Å²) >= 11 is 0. The average Bonchev–Trinajstić information content (AvgIpc) is 3.73. The number of rotatable bonds is 9. The highest BCUT2D eigenvalue weighted by molar-refractivity contribution is 5.94. The van der Waals surface area contributed by atoms with Gasteiger partial charge in [0.1, 0.15) is 29.7 Å². The van der Waals surface area contributed by atoms with Crippen molar-refractivity contribution in [1.82, 2.24) is 15.1 Å². The molecule has 7 N–H and O–H groups in total. The summed E-state index contributed by atoms with van der Waals surface area (Å²) in [6, 6.07) is -1.13. The standard InChI is InChI=1S/C55H89F2N3O14/c1-15-40-53(12,69)44(65)32(6)60(27-28(2)25-52(11,68)45(30(4)42(63)31(5)46(66)71-40)72-47-43(64)38(59(13)14)21-29(3)70-47)20-16-19-58-48(67)55-41(73-49(7,8)74-55)24-34-35-23-37(56)36-22-33(61)17-18-50(36,9)54(35,57)39(62)26-51(34,55)10/h17-18,28-32,34-35,38-45,47,62-65,68-69H,15-16,19-27H2,1-14H3,(H,58,67)/t28-,29-,30+,31-,32-,34?,35?,38-,39+,40-,41-,42?,43-,44-,45?,47+,50+,51+,52-,53?,54+,55+/m1/s1. The molecule has 17 nitrogen and oxygen atoms in total. The zero-order valence-electron chi connectivity index (χ0n) is 46.3. The highest BCUT2D eigenvalue weighted by Crippen LogP contribution is 2.72. The van der Waals surface area contributed by atoms with Crippen LogP contribution in [0.2, 0.25) is 0 Å². The zero-order chi connectivity index (χ0) is 55.2. The molecular weight excluding hydrogens is 965 g/mol. The van der Waals surface area contributed by atoms with Crippen molar-refractivity contribution >= 4 is 17.7 Å². The fourth-order valence-corrected chi connectivity index (χ4v) is 15.2. The highest BCUT2D eigenvalue weighted by atomic mass is 19.1. The van der Waals surface area contributed by atoms with E-state index in [2.05, 4.69) is 5.32 Å². The van der Waals surface area contributed by atoms with E-state index in [1.54, 1.807) is 48.5 Å². The number of carbonyl (C=O) groups is 3. The van der Waals surface area contributed by atoms with Gasteiger partial charge < -0.3 is 64.5 Å². The lowest BCUT2D eigenvalue weighted by Crippen LogP contribution is -2.70. The van der Waals surface area contributed by atoms with Crippen LogP contribution in [0.1, 0.15) is 134 Å². The van der Waals surface area contributed by atoms with Gasteiger partial charge in [0.25, 0.3) is 5.91 Å². The van der Waals surface area contributed by atoms with Crippen LogP contribution in [-0.2, 0) is 38.1 Å². The number of hydrogen-bond donors (Lipinski definition) is 7. The fourth-order valence-electron chi connectivity index (χ4n) is 15.2. The molecule has 74 heavy (non-hydrogen) atoms. The topological polar surface area (TPSA) is 237 Å². The minimum Gasteiger partial charge on any atom is -0.459 e. The van der Waals surface area contributed by atoms with Crippen molar-refractivity contribution in [3.63, 3.8) is 0 Å². The molecule has 0 aromatic carbocycles. The molecule has 7 rings (SSSR count). The van der Waals surface area contributed by atoms with Gasteiger partial charge in [-0.15, -0.1) is 0 Å². The Morgan fingerprint density at radius 3 is 2.26 bits per heavy atom. The summed E-state index contributed by atoms with van der Waals surface area (Å²) in [5.74, 6) is -7.72. The molecule has 0 aromatic heterocycles. The molecule has 0 bridgehead atoms. The second-order valence-corrected chi connectivity index (χ2v) is 25.2. The number of allylic oxidation sites excluding steroid dienone is 4. The van der Waals surface area contributed by atoms with Gasteiger partial charge in [-0.3, -0.25) is 19.3 Å². The summed E-state index contributed by atoms with van der Waals surface area (Å²) in [5.41, 5.74) is -10.5. The first-order chi connectivity index (χ1) is 34.1. The normalized spacial score (nSPS) is 49.3. The molecule has 0 radical (unpaired) electrons. The SMILES string of the molecule is CC[C@H]1OC(=O)[C@H](C)C(O)[C@H](C)C(O[C@@H]2O[C@H](C)C[C@@H](N(C)C)[C@H]2O)[C@](C)(O)C[C@@H](C)CN(CCCNC(=O)[C@@]23OC(C)(C)O[C@@H]2CC2C4CC(F)=C5CC(=O)C=C[C@]5(C)[C@@]4(F)[C@@H](O)C[C@@]23C)[C@H](C)[C@@H](O)C1(C)O. The molecule has 5 fully saturated rings. The molecule has 4 aliphatic carbocycles. The Morgan fingerprint density at radius 2 is 1.62 bits per heavy atom. The summed E-state index contributed by atoms with van der Waals surface area (Å²) in [5, 5.41) is 75.2. The molecule has 19 heteroatoms. The van der Waals surface area contributed by atoms with Crippen LogP contribution in [0.5, 0.6) is 0 Å². The Hall–Kier alpha value is -2.53. The maximum Gasteiger partial charge on any atom is 0.311 e. The lowest BCUT2D eigenvalue weighted by Gasteiger charge is -2.62. The van der Waals surface area contributed by atoms with Gasteiger partial charge in [-0.1, -0.05) is 33.8 Å². The zero-order valence-corrected chi connectivity index (χ0v) is 46.3. The van der Waals surface area contributed by atoms with E-state index in [-0.39, 0.29) is 87.6 Å². The number of alkyl halides is 1. The first-order valence-corrected chi connectivity index (χ1v) is 27.2. The molecular formula is C55H89F2N3O14. The number of esters is 1. The average molecular weight is 1050 g/mol. The molecule has 3 aliphatic heterocycles. The molecule has 0 spiro atoms. The first kappa shape index (κ1) is 59.1. The van der Waals surface area contributed by atoms with E-state index in [9.17, 15) is 40.2 Å². The van der Waals surface area contributed by atoms with Gasteiger partial charge in [0, 0.05) is 67.2 Å². The fraction of sp³-hybridized carbons (Fsp3) is 0.873. The number of nitrogens with one attached hydrogen (secondary N) is 1. The molecule has 5 unspecified atom stereocenters. The van der Waals surface area contributed by atoms with Crippen LogP contribution >= 0.6 is 0 Å². The van der Waals surface area contributed by atoms with E-state index < -0.39 is 136 Å². The molecule has 3 saturated heterocycles. The molecule has 22 atom stereocenters. The maximum atomic E-state index is 18.1. The van der Waals surface area contributed by atoms with Crippen LogP contribution in [0, 0.1) is 40.4 Å². The Morgan fingerprint density at radius 1 is 0.959 bits per heavy atom. The minimum atomic E-state index is -2.35. The Balaban J connectivity index is 1.14. The van der Waals surface area contributed by atoms with Gasteiger partial charge in [-0.25, -0.2) is 8.78 Å². The van der Waals surface area contributed by atoms with Gasteiger partial charge in [0.15, 0.2) is 29.1 Å². The second-order valence-electron chi connectivity index (χ2n) is 25.2. The van der Waals surface area contributed by atoms with Crippen LogP contribution in [0.15, 0.2) is 23.6 Å². The van der Waals surface area contributed by atoms with Crippen molar-refractivity contribution in [3.8, 4) is 0 Å². The van der Waals surface area contributed by atoms with Gasteiger partial charge in [0.2, 0.25) is 0 Å². The number of halogens is 2. The van der Waals surface area contributed by atoms with E-state index in [1.807, 2.05) is 37.7 Å². The number of aliphatic hydroxyl groups excluding tert-OH is 4. The van der Waals surface area contributed by atoms with E-state index in [4.69, 9.17) is 23.7 Å². The van der Waals surface area contributed by atoms with Gasteiger partial charge in [-0.05, 0) is 131 Å². The van der Waals surface area contributed by atoms with Crippen molar-refractivity contribution in [3.05, 3.63) is 23.6 Å². The number of ketones is 1. The van der Waals surface area contributed by atoms with Crippen LogP contribution in [0.25, 0.3) is 0 Å². The second kappa shape index (κ2) is 20.9. The monoisotopic (exact) mass is 1050 g/mol. The van der Waals surface area contributed by atoms with E-state index >= 15 is 13.6 Å². The Labute approximate surface area is 436 Å². The largest absolute Gasteiger partial charge is 0.459 e.